The van der Waals surface area contributed by atoms with Crippen LogP contribution in [0, 0.1) is 0 Å². The van der Waals surface area contributed by atoms with Crippen molar-refractivity contribution < 1.29 is 8.42 Å². The lowest BCUT2D eigenvalue weighted by atomic mass is 10.1. The Morgan fingerprint density at radius 1 is 1.33 bits per heavy atom. The highest BCUT2D eigenvalue weighted by atomic mass is 32.2. The molecule has 0 aliphatic carbocycles. The van der Waals surface area contributed by atoms with E-state index in [4.69, 9.17) is 5.73 Å². The first-order chi connectivity index (χ1) is 8.17. The first kappa shape index (κ1) is 13.6. The highest BCUT2D eigenvalue weighted by Gasteiger charge is 2.44. The maximum Gasteiger partial charge on any atom is 0.248 e. The van der Waals surface area contributed by atoms with Crippen molar-refractivity contribution in [3.8, 4) is 0 Å². The Morgan fingerprint density at radius 2 is 1.94 bits per heavy atom. The Bertz CT molecular complexity index is 593. The van der Waals surface area contributed by atoms with Crippen LogP contribution in [-0.2, 0) is 16.6 Å². The molecule has 0 saturated carbocycles. The van der Waals surface area contributed by atoms with Gasteiger partial charge in [0.1, 0.15) is 9.92 Å². The Hall–Kier alpha value is -0.860. The summed E-state index contributed by atoms with van der Waals surface area (Å²) in [5.74, 6) is 0.115. The Balaban J connectivity index is 2.68. The van der Waals surface area contributed by atoms with Gasteiger partial charge in [-0.15, -0.1) is 11.8 Å². The molecule has 0 amide bonds. The number of sulfonamides is 1. The molecule has 100 valence electrons. The van der Waals surface area contributed by atoms with Crippen LogP contribution in [0.4, 0.5) is 5.95 Å². The first-order valence-electron chi connectivity index (χ1n) is 5.41. The van der Waals surface area contributed by atoms with Gasteiger partial charge in [-0.1, -0.05) is 0 Å². The predicted octanol–water partition coefficient (Wildman–Crippen LogP) is 1.08. The molecule has 2 rings (SSSR count). The summed E-state index contributed by atoms with van der Waals surface area (Å²) >= 11 is 1.27. The van der Waals surface area contributed by atoms with E-state index >= 15 is 0 Å². The van der Waals surface area contributed by atoms with Crippen molar-refractivity contribution >= 4 is 27.7 Å². The summed E-state index contributed by atoms with van der Waals surface area (Å²) in [5, 5.41) is 0.421. The monoisotopic (exact) mass is 288 g/mol. The molecule has 0 atom stereocenters. The van der Waals surface area contributed by atoms with Gasteiger partial charge in [0.25, 0.3) is 0 Å². The number of aromatic nitrogens is 2. The van der Waals surface area contributed by atoms with Gasteiger partial charge in [0, 0.05) is 5.54 Å². The van der Waals surface area contributed by atoms with Gasteiger partial charge in [0.15, 0.2) is 0 Å². The van der Waals surface area contributed by atoms with E-state index in [-0.39, 0.29) is 17.4 Å². The van der Waals surface area contributed by atoms with Crippen LogP contribution in [0.25, 0.3) is 0 Å². The maximum absolute atomic E-state index is 12.5. The second kappa shape index (κ2) is 4.07. The molecule has 0 fully saturated rings. The zero-order valence-electron chi connectivity index (χ0n) is 10.8. The van der Waals surface area contributed by atoms with Crippen LogP contribution in [-0.4, -0.2) is 34.5 Å². The fourth-order valence-electron chi connectivity index (χ4n) is 1.93. The molecule has 18 heavy (non-hydrogen) atoms. The summed E-state index contributed by atoms with van der Waals surface area (Å²) in [4.78, 5) is 8.26. The molecule has 1 aromatic rings. The molecule has 0 bridgehead atoms. The summed E-state index contributed by atoms with van der Waals surface area (Å²) < 4.78 is 26.5. The number of nitrogen functional groups attached to an aromatic ring is 1. The van der Waals surface area contributed by atoms with Gasteiger partial charge < -0.3 is 5.73 Å². The zero-order valence-corrected chi connectivity index (χ0v) is 12.4. The lowest BCUT2D eigenvalue weighted by Gasteiger charge is -2.29. The topological polar surface area (TPSA) is 89.2 Å². The van der Waals surface area contributed by atoms with Crippen LogP contribution in [0.3, 0.4) is 0 Å². The molecule has 0 radical (unpaired) electrons. The molecule has 1 aromatic heterocycles. The van der Waals surface area contributed by atoms with Crippen LogP contribution in [0.15, 0.2) is 9.92 Å². The third kappa shape index (κ3) is 1.98. The molecule has 0 unspecified atom stereocenters. The SMILES string of the molecule is CSc1nc(N)nc2c1S(=O)(=O)N(C(C)(C)C)C2. The number of thioether (sulfide) groups is 1. The smallest absolute Gasteiger partial charge is 0.248 e. The molecule has 1 aliphatic rings. The van der Waals surface area contributed by atoms with E-state index in [9.17, 15) is 8.42 Å². The molecule has 6 nitrogen and oxygen atoms in total. The summed E-state index contributed by atoms with van der Waals surface area (Å²) in [6.45, 7) is 5.81. The molecule has 0 saturated heterocycles. The van der Waals surface area contributed by atoms with Gasteiger partial charge in [-0.25, -0.2) is 18.4 Å². The number of rotatable bonds is 1. The number of anilines is 1. The van der Waals surface area contributed by atoms with Gasteiger partial charge in [0.05, 0.1) is 12.2 Å². The van der Waals surface area contributed by atoms with Gasteiger partial charge in [-0.05, 0) is 27.0 Å². The Labute approximate surface area is 111 Å². The minimum Gasteiger partial charge on any atom is -0.368 e. The van der Waals surface area contributed by atoms with Crippen LogP contribution in [0.2, 0.25) is 0 Å². The van der Waals surface area contributed by atoms with Crippen molar-refractivity contribution in [2.75, 3.05) is 12.0 Å². The van der Waals surface area contributed by atoms with Crippen LogP contribution < -0.4 is 5.73 Å². The standard InChI is InChI=1S/C10H16N4O2S2/c1-10(2,3)14-5-6-7(18(14,15)16)8(17-4)13-9(11)12-6/h5H2,1-4H3,(H2,11,12,13). The van der Waals surface area contributed by atoms with E-state index in [1.165, 1.54) is 16.1 Å². The third-order valence-corrected chi connectivity index (χ3v) is 5.72. The summed E-state index contributed by atoms with van der Waals surface area (Å²) in [7, 11) is -3.53. The third-order valence-electron chi connectivity index (χ3n) is 2.70. The van der Waals surface area contributed by atoms with Gasteiger partial charge in [-0.2, -0.15) is 4.31 Å². The summed E-state index contributed by atoms with van der Waals surface area (Å²) in [6.07, 6.45) is 1.78. The quantitative estimate of drug-likeness (QED) is 0.614. The lowest BCUT2D eigenvalue weighted by Crippen LogP contribution is -2.41. The molecule has 1 aliphatic heterocycles. The number of nitrogens with zero attached hydrogens (tertiary/aromatic N) is 3. The van der Waals surface area contributed by atoms with E-state index in [2.05, 4.69) is 9.97 Å². The second-order valence-electron chi connectivity index (χ2n) is 5.05. The number of nitrogens with two attached hydrogens (primary N) is 1. The van der Waals surface area contributed by atoms with Gasteiger partial charge in [0.2, 0.25) is 16.0 Å². The van der Waals surface area contributed by atoms with E-state index in [0.29, 0.717) is 10.7 Å². The summed E-state index contributed by atoms with van der Waals surface area (Å²) in [6, 6.07) is 0. The lowest BCUT2D eigenvalue weighted by molar-refractivity contribution is 0.251. The Morgan fingerprint density at radius 3 is 2.44 bits per heavy atom. The molecule has 2 N–H and O–H groups in total. The molecule has 0 spiro atoms. The fourth-order valence-corrected chi connectivity index (χ4v) is 4.89. The normalized spacial score (nSPS) is 18.9. The molecular formula is C10H16N4O2S2. The maximum atomic E-state index is 12.5. The van der Waals surface area contributed by atoms with Crippen molar-refractivity contribution in [1.82, 2.24) is 14.3 Å². The molecular weight excluding hydrogens is 272 g/mol. The number of hydrogen-bond donors (Lipinski definition) is 1. The first-order valence-corrected chi connectivity index (χ1v) is 8.07. The van der Waals surface area contributed by atoms with Gasteiger partial charge >= 0.3 is 0 Å². The highest BCUT2D eigenvalue weighted by Crippen LogP contribution is 2.38. The number of hydrogen-bond acceptors (Lipinski definition) is 6. The molecule has 2 heterocycles. The minimum absolute atomic E-state index is 0.115. The van der Waals surface area contributed by atoms with E-state index in [1.54, 1.807) is 6.26 Å². The molecule has 8 heteroatoms. The molecule has 0 aromatic carbocycles. The highest BCUT2D eigenvalue weighted by molar-refractivity contribution is 7.99. The van der Waals surface area contributed by atoms with E-state index in [1.807, 2.05) is 20.8 Å². The van der Waals surface area contributed by atoms with Crippen LogP contribution >= 0.6 is 11.8 Å². The van der Waals surface area contributed by atoms with Crippen molar-refractivity contribution in [3.63, 3.8) is 0 Å². The fraction of sp³-hybridized carbons (Fsp3) is 0.600. The zero-order chi connectivity index (χ0) is 13.7. The largest absolute Gasteiger partial charge is 0.368 e. The average molecular weight is 288 g/mol. The van der Waals surface area contributed by atoms with Crippen molar-refractivity contribution in [2.24, 2.45) is 0 Å². The Kier molecular flexibility index (Phi) is 3.07. The van der Waals surface area contributed by atoms with Crippen molar-refractivity contribution in [1.29, 1.82) is 0 Å². The van der Waals surface area contributed by atoms with E-state index in [0.717, 1.165) is 0 Å². The predicted molar refractivity (Wildman–Crippen MR) is 70.7 cm³/mol. The van der Waals surface area contributed by atoms with E-state index < -0.39 is 15.6 Å². The summed E-state index contributed by atoms with van der Waals surface area (Å²) in [5.41, 5.74) is 5.59. The van der Waals surface area contributed by atoms with Crippen LogP contribution in [0.1, 0.15) is 26.5 Å². The van der Waals surface area contributed by atoms with Crippen molar-refractivity contribution in [3.05, 3.63) is 5.69 Å². The second-order valence-corrected chi connectivity index (χ2v) is 7.64. The van der Waals surface area contributed by atoms with Gasteiger partial charge in [-0.3, -0.25) is 0 Å². The number of fused-ring (bicyclic) bond motifs is 1. The average Bonchev–Trinajstić information content (AvgIpc) is 2.48. The van der Waals surface area contributed by atoms with Crippen LogP contribution in [0.5, 0.6) is 0 Å². The van der Waals surface area contributed by atoms with Crippen molar-refractivity contribution in [2.45, 2.75) is 42.8 Å². The minimum atomic E-state index is -3.53.